The van der Waals surface area contributed by atoms with Crippen molar-refractivity contribution in [3.05, 3.63) is 5.01 Å². The Hall–Kier alpha value is -0.620. The highest BCUT2D eigenvalue weighted by Gasteiger charge is 2.21. The first kappa shape index (κ1) is 12.8. The Morgan fingerprint density at radius 1 is 1.29 bits per heavy atom. The molecule has 1 aliphatic rings. The van der Waals surface area contributed by atoms with E-state index >= 15 is 0 Å². The molecule has 1 unspecified atom stereocenters. The average molecular weight is 271 g/mol. The monoisotopic (exact) mass is 271 g/mol. The Morgan fingerprint density at radius 3 is 2.82 bits per heavy atom. The van der Waals surface area contributed by atoms with E-state index in [4.69, 9.17) is 5.21 Å². The summed E-state index contributed by atoms with van der Waals surface area (Å²) in [5.41, 5.74) is 0.919. The predicted octanol–water partition coefficient (Wildman–Crippen LogP) is 3.49. The van der Waals surface area contributed by atoms with Crippen LogP contribution in [0.4, 0.5) is 0 Å². The van der Waals surface area contributed by atoms with Crippen molar-refractivity contribution in [1.82, 2.24) is 10.2 Å². The number of thioether (sulfide) groups is 1. The minimum atomic E-state index is 0.271. The summed E-state index contributed by atoms with van der Waals surface area (Å²) >= 11 is 3.30. The van der Waals surface area contributed by atoms with Gasteiger partial charge in [0.25, 0.3) is 0 Å². The fraction of sp³-hybridized carbons (Fsp3) is 0.727. The largest absolute Gasteiger partial charge is 0.411 e. The van der Waals surface area contributed by atoms with Gasteiger partial charge in [-0.2, -0.15) is 0 Å². The first-order valence-electron chi connectivity index (χ1n) is 5.97. The lowest BCUT2D eigenvalue weighted by Crippen LogP contribution is -2.19. The van der Waals surface area contributed by atoms with Crippen LogP contribution in [0.1, 0.15) is 43.5 Å². The minimum absolute atomic E-state index is 0.271. The molecule has 0 spiro atoms. The first-order chi connectivity index (χ1) is 8.29. The van der Waals surface area contributed by atoms with Gasteiger partial charge in [-0.05, 0) is 26.2 Å². The van der Waals surface area contributed by atoms with Crippen LogP contribution in [0.2, 0.25) is 0 Å². The second-order valence-electron chi connectivity index (χ2n) is 4.24. The quantitative estimate of drug-likeness (QED) is 0.660. The molecule has 1 aromatic rings. The van der Waals surface area contributed by atoms with Crippen molar-refractivity contribution in [2.24, 2.45) is 5.16 Å². The van der Waals surface area contributed by atoms with Crippen LogP contribution >= 0.6 is 23.1 Å². The lowest BCUT2D eigenvalue weighted by Gasteiger charge is -2.18. The molecule has 2 rings (SSSR count). The van der Waals surface area contributed by atoms with Crippen LogP contribution in [0.5, 0.6) is 0 Å². The molecule has 1 aliphatic carbocycles. The van der Waals surface area contributed by atoms with Gasteiger partial charge in [-0.25, -0.2) is 0 Å². The van der Waals surface area contributed by atoms with E-state index in [1.807, 2.05) is 6.92 Å². The smallest absolute Gasteiger partial charge is 0.174 e. The highest BCUT2D eigenvalue weighted by Crippen LogP contribution is 2.32. The Morgan fingerprint density at radius 2 is 2.12 bits per heavy atom. The maximum Gasteiger partial charge on any atom is 0.174 e. The molecule has 0 radical (unpaired) electrons. The van der Waals surface area contributed by atoms with E-state index in [0.717, 1.165) is 34.3 Å². The lowest BCUT2D eigenvalue weighted by molar-refractivity contribution is 0.315. The van der Waals surface area contributed by atoms with E-state index in [1.54, 1.807) is 23.1 Å². The van der Waals surface area contributed by atoms with Gasteiger partial charge < -0.3 is 5.21 Å². The highest BCUT2D eigenvalue weighted by molar-refractivity contribution is 8.02. The normalized spacial score (nSPS) is 24.5. The molecule has 1 N–H and O–H groups in total. The number of nitrogens with zero attached hydrogens (tertiary/aromatic N) is 3. The topological polar surface area (TPSA) is 58.4 Å². The molecule has 94 valence electrons. The molecule has 0 aromatic carbocycles. The molecular formula is C11H17N3OS2. The molecule has 1 aromatic heterocycles. The van der Waals surface area contributed by atoms with Gasteiger partial charge in [0.05, 0.1) is 11.0 Å². The summed E-state index contributed by atoms with van der Waals surface area (Å²) in [4.78, 5) is 0. The third-order valence-corrected chi connectivity index (χ3v) is 5.15. The molecule has 0 saturated heterocycles. The van der Waals surface area contributed by atoms with Crippen molar-refractivity contribution >= 4 is 28.8 Å². The van der Waals surface area contributed by atoms with Crippen LogP contribution in [-0.2, 0) is 0 Å². The van der Waals surface area contributed by atoms with Crippen LogP contribution in [0.25, 0.3) is 0 Å². The van der Waals surface area contributed by atoms with Gasteiger partial charge in [0.1, 0.15) is 5.01 Å². The van der Waals surface area contributed by atoms with Crippen LogP contribution in [0, 0.1) is 6.92 Å². The number of oxime groups is 1. The van der Waals surface area contributed by atoms with E-state index in [9.17, 15) is 0 Å². The zero-order valence-electron chi connectivity index (χ0n) is 9.93. The summed E-state index contributed by atoms with van der Waals surface area (Å²) in [6.45, 7) is 1.96. The molecule has 1 fully saturated rings. The Bertz CT molecular complexity index is 392. The SMILES string of the molecule is Cc1nnc(SC2CCCCCC/C2=N/O)s1. The second-order valence-corrected chi connectivity index (χ2v) is 6.87. The summed E-state index contributed by atoms with van der Waals surface area (Å²) in [7, 11) is 0. The first-order valence-corrected chi connectivity index (χ1v) is 7.67. The van der Waals surface area contributed by atoms with Crippen molar-refractivity contribution in [1.29, 1.82) is 0 Å². The van der Waals surface area contributed by atoms with Gasteiger partial charge in [-0.15, -0.1) is 10.2 Å². The Kier molecular flexibility index (Phi) is 4.79. The van der Waals surface area contributed by atoms with Gasteiger partial charge in [-0.1, -0.05) is 47.5 Å². The van der Waals surface area contributed by atoms with E-state index in [1.165, 1.54) is 19.3 Å². The number of hydrogen-bond donors (Lipinski definition) is 1. The lowest BCUT2D eigenvalue weighted by atomic mass is 9.99. The number of aromatic nitrogens is 2. The van der Waals surface area contributed by atoms with Crippen molar-refractivity contribution < 1.29 is 5.21 Å². The van der Waals surface area contributed by atoms with Gasteiger partial charge in [0.15, 0.2) is 4.34 Å². The van der Waals surface area contributed by atoms with Gasteiger partial charge >= 0.3 is 0 Å². The summed E-state index contributed by atoms with van der Waals surface area (Å²) in [5.74, 6) is 0. The predicted molar refractivity (Wildman–Crippen MR) is 71.2 cm³/mol. The highest BCUT2D eigenvalue weighted by atomic mass is 32.2. The third-order valence-electron chi connectivity index (χ3n) is 2.90. The minimum Gasteiger partial charge on any atom is -0.411 e. The number of rotatable bonds is 2. The fourth-order valence-corrected chi connectivity index (χ4v) is 4.24. The van der Waals surface area contributed by atoms with E-state index in [2.05, 4.69) is 15.4 Å². The van der Waals surface area contributed by atoms with Crippen molar-refractivity contribution in [3.63, 3.8) is 0 Å². The maximum atomic E-state index is 9.10. The molecule has 0 amide bonds. The van der Waals surface area contributed by atoms with Crippen molar-refractivity contribution in [2.75, 3.05) is 0 Å². The number of aryl methyl sites for hydroxylation is 1. The maximum absolute atomic E-state index is 9.10. The Labute approximate surface area is 110 Å². The second kappa shape index (κ2) is 6.35. The van der Waals surface area contributed by atoms with Crippen molar-refractivity contribution in [3.8, 4) is 0 Å². The third kappa shape index (κ3) is 3.67. The summed E-state index contributed by atoms with van der Waals surface area (Å²) in [6.07, 6.45) is 6.84. The van der Waals surface area contributed by atoms with Crippen LogP contribution < -0.4 is 0 Å². The van der Waals surface area contributed by atoms with E-state index in [-0.39, 0.29) is 5.25 Å². The molecule has 1 heterocycles. The Balaban J connectivity index is 2.04. The molecule has 4 nitrogen and oxygen atoms in total. The molecule has 6 heteroatoms. The number of hydrogen-bond acceptors (Lipinski definition) is 6. The fourth-order valence-electron chi connectivity index (χ4n) is 2.01. The van der Waals surface area contributed by atoms with E-state index < -0.39 is 0 Å². The van der Waals surface area contributed by atoms with Crippen LogP contribution in [0.15, 0.2) is 9.50 Å². The van der Waals surface area contributed by atoms with Gasteiger partial charge in [0, 0.05) is 0 Å². The molecule has 1 atom stereocenters. The van der Waals surface area contributed by atoms with Gasteiger partial charge in [0.2, 0.25) is 0 Å². The zero-order chi connectivity index (χ0) is 12.1. The summed E-state index contributed by atoms with van der Waals surface area (Å²) < 4.78 is 0.981. The molecule has 17 heavy (non-hydrogen) atoms. The average Bonchev–Trinajstić information content (AvgIpc) is 2.69. The van der Waals surface area contributed by atoms with Gasteiger partial charge in [-0.3, -0.25) is 0 Å². The summed E-state index contributed by atoms with van der Waals surface area (Å²) in [5, 5.41) is 22.0. The van der Waals surface area contributed by atoms with Crippen molar-refractivity contribution in [2.45, 2.75) is 55.0 Å². The van der Waals surface area contributed by atoms with E-state index in [0.29, 0.717) is 0 Å². The zero-order valence-corrected chi connectivity index (χ0v) is 11.6. The molecule has 0 bridgehead atoms. The standard InChI is InChI=1S/C11H17N3OS2/c1-8-12-13-11(16-8)17-10-7-5-3-2-4-6-9(10)14-15/h10,15H,2-7H2,1H3/b14-9-. The molecule has 1 saturated carbocycles. The molecular weight excluding hydrogens is 254 g/mol. The summed E-state index contributed by atoms with van der Waals surface area (Å²) in [6, 6.07) is 0. The van der Waals surface area contributed by atoms with Crippen LogP contribution in [-0.4, -0.2) is 26.4 Å². The molecule has 0 aliphatic heterocycles. The van der Waals surface area contributed by atoms with Crippen LogP contribution in [0.3, 0.4) is 0 Å².